The molecule has 0 saturated heterocycles. The molecule has 1 fully saturated rings. The zero-order chi connectivity index (χ0) is 14.1. The van der Waals surface area contributed by atoms with Crippen LogP contribution in [0.5, 0.6) is 0 Å². The van der Waals surface area contributed by atoms with Crippen molar-refractivity contribution < 1.29 is 14.3 Å². The van der Waals surface area contributed by atoms with E-state index < -0.39 is 0 Å². The lowest BCUT2D eigenvalue weighted by atomic mass is 10.4. The van der Waals surface area contributed by atoms with Gasteiger partial charge in [-0.3, -0.25) is 9.79 Å². The third kappa shape index (κ3) is 8.57. The molecule has 0 atom stereocenters. The largest absolute Gasteiger partial charge is 0.469 e. The number of halogens is 1. The van der Waals surface area contributed by atoms with Crippen LogP contribution in [0, 0.1) is 5.92 Å². The number of aliphatic imine (C=N–C) groups is 1. The van der Waals surface area contributed by atoms with Crippen LogP contribution in [0.4, 0.5) is 0 Å². The number of hydrogen-bond acceptors (Lipinski definition) is 4. The highest BCUT2D eigenvalue weighted by Gasteiger charge is 2.21. The molecule has 0 unspecified atom stereocenters. The van der Waals surface area contributed by atoms with Crippen LogP contribution in [0.1, 0.15) is 19.3 Å². The van der Waals surface area contributed by atoms with Crippen molar-refractivity contribution in [2.75, 3.05) is 47.5 Å². The van der Waals surface area contributed by atoms with Crippen molar-refractivity contribution in [1.29, 1.82) is 0 Å². The van der Waals surface area contributed by atoms with Gasteiger partial charge in [-0.2, -0.15) is 0 Å². The number of nitrogens with zero attached hydrogens (tertiary/aromatic N) is 2. The van der Waals surface area contributed by atoms with Crippen LogP contribution in [-0.2, 0) is 14.3 Å². The molecule has 1 saturated carbocycles. The van der Waals surface area contributed by atoms with Gasteiger partial charge in [0.25, 0.3) is 0 Å². The molecule has 0 aromatic rings. The minimum atomic E-state index is -0.224. The summed E-state index contributed by atoms with van der Waals surface area (Å²) in [6.45, 7) is 2.88. The van der Waals surface area contributed by atoms with E-state index in [0.29, 0.717) is 19.6 Å². The maximum absolute atomic E-state index is 11.0. The second-order valence-electron chi connectivity index (χ2n) is 4.74. The van der Waals surface area contributed by atoms with Crippen LogP contribution >= 0.6 is 24.0 Å². The Bertz CT molecular complexity index is 309. The summed E-state index contributed by atoms with van der Waals surface area (Å²) in [5, 5.41) is 3.12. The van der Waals surface area contributed by atoms with Gasteiger partial charge in [-0.1, -0.05) is 0 Å². The van der Waals surface area contributed by atoms with Crippen molar-refractivity contribution in [1.82, 2.24) is 10.2 Å². The van der Waals surface area contributed by atoms with Crippen LogP contribution in [-0.4, -0.2) is 64.3 Å². The Morgan fingerprint density at radius 3 is 2.70 bits per heavy atom. The summed E-state index contributed by atoms with van der Waals surface area (Å²) >= 11 is 0. The molecule has 0 spiro atoms. The smallest absolute Gasteiger partial charge is 0.307 e. The van der Waals surface area contributed by atoms with Gasteiger partial charge in [-0.15, -0.1) is 24.0 Å². The molecule has 6 nitrogen and oxygen atoms in total. The molecular formula is C13H26IN3O3. The van der Waals surface area contributed by atoms with Crippen molar-refractivity contribution in [2.45, 2.75) is 19.3 Å². The summed E-state index contributed by atoms with van der Waals surface area (Å²) < 4.78 is 10.2. The number of carbonyl (C=O) groups is 1. The van der Waals surface area contributed by atoms with Crippen molar-refractivity contribution in [3.05, 3.63) is 0 Å². The first-order valence-corrected chi connectivity index (χ1v) is 6.73. The summed E-state index contributed by atoms with van der Waals surface area (Å²) in [7, 11) is 5.07. The van der Waals surface area contributed by atoms with Crippen molar-refractivity contribution >= 4 is 35.9 Å². The molecular weight excluding hydrogens is 373 g/mol. The lowest BCUT2D eigenvalue weighted by molar-refractivity contribution is -0.140. The number of rotatable bonds is 8. The van der Waals surface area contributed by atoms with E-state index in [2.05, 4.69) is 15.0 Å². The minimum absolute atomic E-state index is 0. The topological polar surface area (TPSA) is 63.2 Å². The molecule has 7 heteroatoms. The van der Waals surface area contributed by atoms with Gasteiger partial charge in [0.15, 0.2) is 5.96 Å². The summed E-state index contributed by atoms with van der Waals surface area (Å²) in [5.41, 5.74) is 0. The number of carbonyl (C=O) groups excluding carboxylic acids is 1. The molecule has 1 rings (SSSR count). The second kappa shape index (κ2) is 11.1. The summed E-state index contributed by atoms with van der Waals surface area (Å²) in [4.78, 5) is 17.1. The Hall–Kier alpha value is -0.570. The lowest BCUT2D eigenvalue weighted by Crippen LogP contribution is -2.41. The SMILES string of the molecule is CN=C(NCCC(=O)OC)N(C)CCOCC1CC1.I. The second-order valence-corrected chi connectivity index (χ2v) is 4.74. The van der Waals surface area contributed by atoms with Crippen LogP contribution in [0.3, 0.4) is 0 Å². The molecule has 0 radical (unpaired) electrons. The maximum Gasteiger partial charge on any atom is 0.307 e. The van der Waals surface area contributed by atoms with Gasteiger partial charge in [0.05, 0.1) is 20.1 Å². The number of hydrogen-bond donors (Lipinski definition) is 1. The number of methoxy groups -OCH3 is 1. The first kappa shape index (κ1) is 19.4. The van der Waals surface area contributed by atoms with Gasteiger partial charge in [0.1, 0.15) is 0 Å². The highest BCUT2D eigenvalue weighted by Crippen LogP contribution is 2.28. The average Bonchev–Trinajstić information content (AvgIpc) is 3.23. The summed E-state index contributed by atoms with van der Waals surface area (Å²) in [6, 6.07) is 0. The van der Waals surface area contributed by atoms with E-state index in [1.54, 1.807) is 7.05 Å². The molecule has 20 heavy (non-hydrogen) atoms. The number of nitrogens with one attached hydrogen (secondary N) is 1. The van der Waals surface area contributed by atoms with E-state index in [0.717, 1.165) is 25.0 Å². The number of esters is 1. The van der Waals surface area contributed by atoms with Crippen molar-refractivity contribution in [3.8, 4) is 0 Å². The number of likely N-dealkylation sites (N-methyl/N-ethyl adjacent to an activating group) is 1. The number of guanidine groups is 1. The Balaban J connectivity index is 0.00000361. The van der Waals surface area contributed by atoms with Gasteiger partial charge < -0.3 is 19.7 Å². The Morgan fingerprint density at radius 2 is 2.15 bits per heavy atom. The predicted molar refractivity (Wildman–Crippen MR) is 89.6 cm³/mol. The monoisotopic (exact) mass is 399 g/mol. The van der Waals surface area contributed by atoms with Gasteiger partial charge in [0, 0.05) is 33.8 Å². The van der Waals surface area contributed by atoms with E-state index in [1.807, 2.05) is 11.9 Å². The fourth-order valence-corrected chi connectivity index (χ4v) is 1.61. The molecule has 0 aromatic carbocycles. The molecule has 118 valence electrons. The van der Waals surface area contributed by atoms with Crippen LogP contribution in [0.25, 0.3) is 0 Å². The molecule has 0 aliphatic heterocycles. The summed E-state index contributed by atoms with van der Waals surface area (Å²) in [6.07, 6.45) is 2.96. The Labute approximate surface area is 138 Å². The molecule has 1 aliphatic carbocycles. The van der Waals surface area contributed by atoms with Crippen molar-refractivity contribution in [2.24, 2.45) is 10.9 Å². The van der Waals surface area contributed by atoms with Gasteiger partial charge in [-0.05, 0) is 18.8 Å². The maximum atomic E-state index is 11.0. The zero-order valence-electron chi connectivity index (χ0n) is 12.6. The first-order valence-electron chi connectivity index (χ1n) is 6.73. The van der Waals surface area contributed by atoms with Crippen molar-refractivity contribution in [3.63, 3.8) is 0 Å². The Morgan fingerprint density at radius 1 is 1.45 bits per heavy atom. The van der Waals surface area contributed by atoms with Crippen LogP contribution in [0.2, 0.25) is 0 Å². The van der Waals surface area contributed by atoms with E-state index in [1.165, 1.54) is 20.0 Å². The minimum Gasteiger partial charge on any atom is -0.469 e. The third-order valence-electron chi connectivity index (χ3n) is 3.03. The molecule has 1 N–H and O–H groups in total. The normalized spacial score (nSPS) is 14.4. The standard InChI is InChI=1S/C13H25N3O3.HI/c1-14-13(15-7-6-12(17)18-3)16(2)8-9-19-10-11-4-5-11;/h11H,4-10H2,1-3H3,(H,14,15);1H. The fourth-order valence-electron chi connectivity index (χ4n) is 1.61. The molecule has 1 aliphatic rings. The van der Waals surface area contributed by atoms with E-state index in [4.69, 9.17) is 4.74 Å². The van der Waals surface area contributed by atoms with Crippen LogP contribution < -0.4 is 5.32 Å². The van der Waals surface area contributed by atoms with E-state index in [-0.39, 0.29) is 29.9 Å². The van der Waals surface area contributed by atoms with Gasteiger partial charge >= 0.3 is 5.97 Å². The van der Waals surface area contributed by atoms with Gasteiger partial charge in [0.2, 0.25) is 0 Å². The molecule has 0 heterocycles. The van der Waals surface area contributed by atoms with Gasteiger partial charge in [-0.25, -0.2) is 0 Å². The predicted octanol–water partition coefficient (Wildman–Crippen LogP) is 1.10. The zero-order valence-corrected chi connectivity index (χ0v) is 14.9. The first-order chi connectivity index (χ1) is 9.17. The highest BCUT2D eigenvalue weighted by atomic mass is 127. The average molecular weight is 399 g/mol. The molecule has 0 amide bonds. The highest BCUT2D eigenvalue weighted by molar-refractivity contribution is 14.0. The van der Waals surface area contributed by atoms with E-state index in [9.17, 15) is 4.79 Å². The van der Waals surface area contributed by atoms with E-state index >= 15 is 0 Å². The Kier molecular flexibility index (Phi) is 10.8. The lowest BCUT2D eigenvalue weighted by Gasteiger charge is -2.21. The number of ether oxygens (including phenoxy) is 2. The fraction of sp³-hybridized carbons (Fsp3) is 0.846. The van der Waals surface area contributed by atoms with Crippen LogP contribution in [0.15, 0.2) is 4.99 Å². The quantitative estimate of drug-likeness (QED) is 0.218. The molecule has 0 bridgehead atoms. The molecule has 0 aromatic heterocycles. The summed E-state index contributed by atoms with van der Waals surface area (Å²) in [5.74, 6) is 1.33. The third-order valence-corrected chi connectivity index (χ3v) is 3.03.